The summed E-state index contributed by atoms with van der Waals surface area (Å²) in [6.45, 7) is 4.58. The molecule has 2 fully saturated rings. The molecule has 1 atom stereocenters. The van der Waals surface area contributed by atoms with Gasteiger partial charge in [0.2, 0.25) is 0 Å². The average Bonchev–Trinajstić information content (AvgIpc) is 2.49. The molecule has 0 aliphatic carbocycles. The normalized spacial score (nSPS) is 34.1. The predicted molar refractivity (Wildman–Crippen MR) is 59.3 cm³/mol. The van der Waals surface area contributed by atoms with Gasteiger partial charge in [-0.05, 0) is 65.5 Å². The van der Waals surface area contributed by atoms with Crippen molar-refractivity contribution >= 4 is 0 Å². The van der Waals surface area contributed by atoms with E-state index in [1.165, 1.54) is 38.9 Å². The van der Waals surface area contributed by atoms with E-state index in [-0.39, 0.29) is 0 Å². The van der Waals surface area contributed by atoms with Crippen molar-refractivity contribution in [2.45, 2.75) is 24.8 Å². The summed E-state index contributed by atoms with van der Waals surface area (Å²) in [6, 6.07) is 0. The molecule has 3 heteroatoms. The quantitative estimate of drug-likeness (QED) is 0.659. The minimum absolute atomic E-state index is 0.446. The van der Waals surface area contributed by atoms with Crippen molar-refractivity contribution in [1.82, 2.24) is 9.80 Å². The SMILES string of the molecule is CN1CCC2(CC1)C(CN)CCN2C. The first kappa shape index (κ1) is 10.4. The molecule has 2 rings (SSSR count). The van der Waals surface area contributed by atoms with Gasteiger partial charge in [-0.15, -0.1) is 0 Å². The van der Waals surface area contributed by atoms with E-state index in [0.717, 1.165) is 12.5 Å². The standard InChI is InChI=1S/C11H23N3/c1-13-7-4-11(5-8-13)10(9-12)3-6-14(11)2/h10H,3-9,12H2,1-2H3. The molecular weight excluding hydrogens is 174 g/mol. The molecule has 3 nitrogen and oxygen atoms in total. The lowest BCUT2D eigenvalue weighted by atomic mass is 9.77. The highest BCUT2D eigenvalue weighted by atomic mass is 15.2. The number of nitrogens with two attached hydrogens (primary N) is 1. The number of hydrogen-bond acceptors (Lipinski definition) is 3. The van der Waals surface area contributed by atoms with Crippen molar-refractivity contribution in [3.8, 4) is 0 Å². The number of rotatable bonds is 1. The summed E-state index contributed by atoms with van der Waals surface area (Å²) >= 11 is 0. The highest BCUT2D eigenvalue weighted by Crippen LogP contribution is 2.40. The summed E-state index contributed by atoms with van der Waals surface area (Å²) in [5.74, 6) is 0.737. The molecule has 2 N–H and O–H groups in total. The van der Waals surface area contributed by atoms with Crippen molar-refractivity contribution < 1.29 is 0 Å². The maximum absolute atomic E-state index is 5.90. The Labute approximate surface area is 87.2 Å². The largest absolute Gasteiger partial charge is 0.330 e. The van der Waals surface area contributed by atoms with Gasteiger partial charge in [-0.25, -0.2) is 0 Å². The molecule has 1 spiro atoms. The Morgan fingerprint density at radius 1 is 1.21 bits per heavy atom. The van der Waals surface area contributed by atoms with Crippen LogP contribution in [0.4, 0.5) is 0 Å². The third kappa shape index (κ3) is 1.47. The lowest BCUT2D eigenvalue weighted by molar-refractivity contribution is 0.0521. The second-order valence-electron chi connectivity index (χ2n) is 5.05. The second-order valence-corrected chi connectivity index (χ2v) is 5.05. The molecule has 2 saturated heterocycles. The van der Waals surface area contributed by atoms with Gasteiger partial charge in [0.15, 0.2) is 0 Å². The van der Waals surface area contributed by atoms with Crippen LogP contribution >= 0.6 is 0 Å². The van der Waals surface area contributed by atoms with Crippen molar-refractivity contribution in [2.75, 3.05) is 40.3 Å². The molecule has 2 aliphatic rings. The zero-order chi connectivity index (χ0) is 10.2. The van der Waals surface area contributed by atoms with Crippen molar-refractivity contribution in [2.24, 2.45) is 11.7 Å². The fraction of sp³-hybridized carbons (Fsp3) is 1.00. The van der Waals surface area contributed by atoms with E-state index in [9.17, 15) is 0 Å². The molecular formula is C11H23N3. The molecule has 0 bridgehead atoms. The highest BCUT2D eigenvalue weighted by molar-refractivity contribution is 5.03. The maximum atomic E-state index is 5.90. The van der Waals surface area contributed by atoms with Gasteiger partial charge in [-0.1, -0.05) is 0 Å². The van der Waals surface area contributed by atoms with Crippen LogP contribution in [-0.2, 0) is 0 Å². The van der Waals surface area contributed by atoms with E-state index in [0.29, 0.717) is 5.54 Å². The minimum atomic E-state index is 0.446. The third-order valence-electron chi connectivity index (χ3n) is 4.47. The van der Waals surface area contributed by atoms with Crippen LogP contribution in [0, 0.1) is 5.92 Å². The Morgan fingerprint density at radius 3 is 2.43 bits per heavy atom. The average molecular weight is 197 g/mol. The van der Waals surface area contributed by atoms with E-state index >= 15 is 0 Å². The van der Waals surface area contributed by atoms with Gasteiger partial charge in [0.05, 0.1) is 0 Å². The van der Waals surface area contributed by atoms with Crippen LogP contribution in [-0.4, -0.2) is 55.6 Å². The van der Waals surface area contributed by atoms with E-state index < -0.39 is 0 Å². The first-order chi connectivity index (χ1) is 6.69. The smallest absolute Gasteiger partial charge is 0.0271 e. The number of nitrogens with zero attached hydrogens (tertiary/aromatic N) is 2. The van der Waals surface area contributed by atoms with Crippen molar-refractivity contribution in [3.63, 3.8) is 0 Å². The second kappa shape index (κ2) is 3.80. The van der Waals surface area contributed by atoms with Gasteiger partial charge in [-0.2, -0.15) is 0 Å². The highest BCUT2D eigenvalue weighted by Gasteiger charge is 2.46. The summed E-state index contributed by atoms with van der Waals surface area (Å²) < 4.78 is 0. The molecule has 2 heterocycles. The molecule has 0 saturated carbocycles. The van der Waals surface area contributed by atoms with Crippen molar-refractivity contribution in [3.05, 3.63) is 0 Å². The van der Waals surface area contributed by atoms with E-state index in [1.54, 1.807) is 0 Å². The van der Waals surface area contributed by atoms with E-state index in [1.807, 2.05) is 0 Å². The fourth-order valence-electron chi connectivity index (χ4n) is 3.29. The van der Waals surface area contributed by atoms with Crippen LogP contribution in [0.25, 0.3) is 0 Å². The van der Waals surface area contributed by atoms with Crippen LogP contribution < -0.4 is 5.73 Å². The maximum Gasteiger partial charge on any atom is 0.0271 e. The fourth-order valence-corrected chi connectivity index (χ4v) is 3.29. The summed E-state index contributed by atoms with van der Waals surface area (Å²) in [5.41, 5.74) is 6.34. The Balaban J connectivity index is 2.11. The van der Waals surface area contributed by atoms with Crippen LogP contribution in [0.15, 0.2) is 0 Å². The molecule has 0 aromatic carbocycles. The predicted octanol–water partition coefficient (Wildman–Crippen LogP) is 0.361. The zero-order valence-electron chi connectivity index (χ0n) is 9.50. The summed E-state index contributed by atoms with van der Waals surface area (Å²) in [6.07, 6.45) is 3.92. The van der Waals surface area contributed by atoms with Crippen LogP contribution in [0.2, 0.25) is 0 Å². The zero-order valence-corrected chi connectivity index (χ0v) is 9.50. The topological polar surface area (TPSA) is 32.5 Å². The van der Waals surface area contributed by atoms with Crippen LogP contribution in [0.5, 0.6) is 0 Å². The number of likely N-dealkylation sites (tertiary alicyclic amines) is 2. The first-order valence-corrected chi connectivity index (χ1v) is 5.79. The molecule has 2 aliphatic heterocycles. The molecule has 14 heavy (non-hydrogen) atoms. The molecule has 0 radical (unpaired) electrons. The Hall–Kier alpha value is -0.120. The number of piperidine rings is 1. The van der Waals surface area contributed by atoms with Crippen molar-refractivity contribution in [1.29, 1.82) is 0 Å². The summed E-state index contributed by atoms with van der Waals surface area (Å²) in [7, 11) is 4.50. The monoisotopic (exact) mass is 197 g/mol. The third-order valence-corrected chi connectivity index (χ3v) is 4.47. The van der Waals surface area contributed by atoms with Gasteiger partial charge in [-0.3, -0.25) is 0 Å². The molecule has 0 amide bonds. The van der Waals surface area contributed by atoms with Gasteiger partial charge in [0, 0.05) is 5.54 Å². The molecule has 1 unspecified atom stereocenters. The molecule has 0 aromatic rings. The Bertz CT molecular complexity index is 197. The van der Waals surface area contributed by atoms with Gasteiger partial charge < -0.3 is 15.5 Å². The Morgan fingerprint density at radius 2 is 1.86 bits per heavy atom. The van der Waals surface area contributed by atoms with Gasteiger partial charge >= 0.3 is 0 Å². The van der Waals surface area contributed by atoms with Gasteiger partial charge in [0.1, 0.15) is 0 Å². The lowest BCUT2D eigenvalue weighted by Gasteiger charge is -2.46. The summed E-state index contributed by atoms with van der Waals surface area (Å²) in [5, 5.41) is 0. The molecule has 82 valence electrons. The van der Waals surface area contributed by atoms with E-state index in [4.69, 9.17) is 5.73 Å². The summed E-state index contributed by atoms with van der Waals surface area (Å²) in [4.78, 5) is 5.00. The van der Waals surface area contributed by atoms with Gasteiger partial charge in [0.25, 0.3) is 0 Å². The number of hydrogen-bond donors (Lipinski definition) is 1. The first-order valence-electron chi connectivity index (χ1n) is 5.79. The molecule has 0 aromatic heterocycles. The minimum Gasteiger partial charge on any atom is -0.330 e. The van der Waals surface area contributed by atoms with E-state index in [2.05, 4.69) is 23.9 Å². The van der Waals surface area contributed by atoms with Crippen LogP contribution in [0.3, 0.4) is 0 Å². The Kier molecular flexibility index (Phi) is 2.82. The van der Waals surface area contributed by atoms with Crippen LogP contribution in [0.1, 0.15) is 19.3 Å². The lowest BCUT2D eigenvalue weighted by Crippen LogP contribution is -2.54.